The van der Waals surface area contributed by atoms with Gasteiger partial charge in [0, 0.05) is 13.1 Å². The zero-order valence-electron chi connectivity index (χ0n) is 11.3. The summed E-state index contributed by atoms with van der Waals surface area (Å²) in [7, 11) is -1.33. The average Bonchev–Trinajstić information content (AvgIpc) is 2.36. The maximum absolute atomic E-state index is 12.3. The van der Waals surface area contributed by atoms with Crippen LogP contribution in [0, 0.1) is 5.92 Å². The van der Waals surface area contributed by atoms with E-state index in [-0.39, 0.29) is 6.04 Å². The van der Waals surface area contributed by atoms with Crippen LogP contribution in [0.15, 0.2) is 0 Å². The molecule has 1 saturated heterocycles. The third-order valence-corrected chi connectivity index (χ3v) is 5.93. The third kappa shape index (κ3) is 4.23. The van der Waals surface area contributed by atoms with Gasteiger partial charge in [-0.3, -0.25) is 0 Å². The molecule has 0 aromatic heterocycles. The fraction of sp³-hybridized carbons (Fsp3) is 1.00. The van der Waals surface area contributed by atoms with Crippen molar-refractivity contribution in [3.8, 4) is 0 Å². The Labute approximate surface area is 106 Å². The van der Waals surface area contributed by atoms with Crippen molar-refractivity contribution in [3.05, 3.63) is 0 Å². The molecule has 1 aliphatic heterocycles. The zero-order valence-corrected chi connectivity index (χ0v) is 12.1. The van der Waals surface area contributed by atoms with Crippen LogP contribution in [0.1, 0.15) is 39.5 Å². The molecule has 0 bridgehead atoms. The fourth-order valence-electron chi connectivity index (χ4n) is 2.34. The summed E-state index contributed by atoms with van der Waals surface area (Å²) >= 11 is 0. The molecule has 0 atom stereocenters. The largest absolute Gasteiger partial charge is 0.317 e. The van der Waals surface area contributed by atoms with Crippen LogP contribution in [0.4, 0.5) is 0 Å². The summed E-state index contributed by atoms with van der Waals surface area (Å²) in [4.78, 5) is 0. The van der Waals surface area contributed by atoms with Gasteiger partial charge in [-0.05, 0) is 31.8 Å². The second-order valence-electron chi connectivity index (χ2n) is 4.96. The number of piperidine rings is 1. The van der Waals surface area contributed by atoms with Crippen molar-refractivity contribution in [2.75, 3.05) is 25.9 Å². The summed E-state index contributed by atoms with van der Waals surface area (Å²) in [6.07, 6.45) is 3.74. The lowest BCUT2D eigenvalue weighted by Crippen LogP contribution is -2.45. The van der Waals surface area contributed by atoms with E-state index in [1.165, 1.54) is 0 Å². The van der Waals surface area contributed by atoms with Crippen LogP contribution in [-0.2, 0) is 10.0 Å². The van der Waals surface area contributed by atoms with E-state index < -0.39 is 10.0 Å². The van der Waals surface area contributed by atoms with Gasteiger partial charge in [0.2, 0.25) is 10.0 Å². The Kier molecular flexibility index (Phi) is 5.89. The second kappa shape index (κ2) is 6.71. The standard InChI is InChI=1S/C12H26N2O2S/c1-4-11(5-2)10-17(15,16)14(3)12-6-8-13-9-7-12/h11-13H,4-10H2,1-3H3. The highest BCUT2D eigenvalue weighted by molar-refractivity contribution is 7.89. The Morgan fingerprint density at radius 2 is 1.76 bits per heavy atom. The van der Waals surface area contributed by atoms with Crippen LogP contribution in [0.5, 0.6) is 0 Å². The SMILES string of the molecule is CCC(CC)CS(=O)(=O)N(C)C1CCNCC1. The van der Waals surface area contributed by atoms with Gasteiger partial charge in [-0.1, -0.05) is 26.7 Å². The number of nitrogens with zero attached hydrogens (tertiary/aromatic N) is 1. The third-order valence-electron chi connectivity index (χ3n) is 3.86. The van der Waals surface area contributed by atoms with Crippen LogP contribution in [0.3, 0.4) is 0 Å². The van der Waals surface area contributed by atoms with Gasteiger partial charge in [0.05, 0.1) is 5.75 Å². The minimum absolute atomic E-state index is 0.190. The molecular weight excluding hydrogens is 236 g/mol. The Morgan fingerprint density at radius 3 is 2.24 bits per heavy atom. The first-order valence-corrected chi connectivity index (χ1v) is 8.28. The van der Waals surface area contributed by atoms with Gasteiger partial charge >= 0.3 is 0 Å². The molecule has 17 heavy (non-hydrogen) atoms. The first-order valence-electron chi connectivity index (χ1n) is 6.67. The Morgan fingerprint density at radius 1 is 1.24 bits per heavy atom. The van der Waals surface area contributed by atoms with E-state index in [1.54, 1.807) is 11.4 Å². The van der Waals surface area contributed by atoms with Crippen molar-refractivity contribution in [2.45, 2.75) is 45.6 Å². The molecule has 0 amide bonds. The van der Waals surface area contributed by atoms with Crippen LogP contribution >= 0.6 is 0 Å². The fourth-order valence-corrected chi connectivity index (χ4v) is 4.30. The summed E-state index contributed by atoms with van der Waals surface area (Å²) < 4.78 is 26.1. The molecule has 1 fully saturated rings. The second-order valence-corrected chi connectivity index (χ2v) is 7.03. The Hall–Kier alpha value is -0.130. The molecule has 1 heterocycles. The molecule has 0 spiro atoms. The number of hydrogen-bond donors (Lipinski definition) is 1. The molecule has 102 valence electrons. The molecule has 0 saturated carbocycles. The molecule has 4 nitrogen and oxygen atoms in total. The quantitative estimate of drug-likeness (QED) is 0.788. The van der Waals surface area contributed by atoms with E-state index in [0.29, 0.717) is 11.7 Å². The van der Waals surface area contributed by atoms with E-state index in [4.69, 9.17) is 0 Å². The average molecular weight is 262 g/mol. The van der Waals surface area contributed by atoms with E-state index in [1.807, 2.05) is 0 Å². The Bertz CT molecular complexity index is 306. The molecule has 5 heteroatoms. The van der Waals surface area contributed by atoms with Gasteiger partial charge in [-0.25, -0.2) is 12.7 Å². The lowest BCUT2D eigenvalue weighted by Gasteiger charge is -2.31. The predicted octanol–water partition coefficient (Wildman–Crippen LogP) is 1.44. The molecule has 0 aliphatic carbocycles. The lowest BCUT2D eigenvalue weighted by atomic mass is 10.1. The van der Waals surface area contributed by atoms with E-state index >= 15 is 0 Å². The van der Waals surface area contributed by atoms with Crippen LogP contribution < -0.4 is 5.32 Å². The first-order chi connectivity index (χ1) is 8.01. The zero-order chi connectivity index (χ0) is 12.9. The van der Waals surface area contributed by atoms with Gasteiger partial charge in [0.15, 0.2) is 0 Å². The molecule has 0 radical (unpaired) electrons. The molecule has 1 rings (SSSR count). The summed E-state index contributed by atoms with van der Waals surface area (Å²) in [5, 5.41) is 3.26. The van der Waals surface area contributed by atoms with Crippen LogP contribution in [0.2, 0.25) is 0 Å². The highest BCUT2D eigenvalue weighted by atomic mass is 32.2. The minimum Gasteiger partial charge on any atom is -0.317 e. The van der Waals surface area contributed by atoms with Crippen molar-refractivity contribution in [2.24, 2.45) is 5.92 Å². The highest BCUT2D eigenvalue weighted by Crippen LogP contribution is 2.18. The maximum atomic E-state index is 12.3. The molecule has 1 aliphatic rings. The minimum atomic E-state index is -3.08. The van der Waals surface area contributed by atoms with Crippen molar-refractivity contribution in [3.63, 3.8) is 0 Å². The van der Waals surface area contributed by atoms with Gasteiger partial charge in [0.1, 0.15) is 0 Å². The number of sulfonamides is 1. The number of rotatable bonds is 6. The van der Waals surface area contributed by atoms with Crippen molar-refractivity contribution in [1.29, 1.82) is 0 Å². The van der Waals surface area contributed by atoms with Crippen LogP contribution in [0.25, 0.3) is 0 Å². The number of hydrogen-bond acceptors (Lipinski definition) is 3. The molecule has 0 aromatic rings. The summed E-state index contributed by atoms with van der Waals surface area (Å²) in [5.74, 6) is 0.602. The van der Waals surface area contributed by atoms with Crippen LogP contribution in [-0.4, -0.2) is 44.7 Å². The Balaban J connectivity index is 2.61. The lowest BCUT2D eigenvalue weighted by molar-refractivity contribution is 0.294. The van der Waals surface area contributed by atoms with Crippen molar-refractivity contribution >= 4 is 10.0 Å². The van der Waals surface area contributed by atoms with Crippen molar-refractivity contribution < 1.29 is 8.42 Å². The van der Waals surface area contributed by atoms with Gasteiger partial charge in [-0.15, -0.1) is 0 Å². The maximum Gasteiger partial charge on any atom is 0.214 e. The van der Waals surface area contributed by atoms with E-state index in [0.717, 1.165) is 38.8 Å². The van der Waals surface area contributed by atoms with Gasteiger partial charge in [-0.2, -0.15) is 0 Å². The molecular formula is C12H26N2O2S. The topological polar surface area (TPSA) is 49.4 Å². The molecule has 0 aromatic carbocycles. The number of nitrogens with one attached hydrogen (secondary N) is 1. The van der Waals surface area contributed by atoms with Gasteiger partial charge in [0.25, 0.3) is 0 Å². The highest BCUT2D eigenvalue weighted by Gasteiger charge is 2.28. The smallest absolute Gasteiger partial charge is 0.214 e. The van der Waals surface area contributed by atoms with Gasteiger partial charge < -0.3 is 5.32 Å². The predicted molar refractivity (Wildman–Crippen MR) is 71.5 cm³/mol. The normalized spacial score (nSPS) is 19.1. The summed E-state index contributed by atoms with van der Waals surface area (Å²) in [5.41, 5.74) is 0. The summed E-state index contributed by atoms with van der Waals surface area (Å²) in [6, 6.07) is 0.190. The van der Waals surface area contributed by atoms with E-state index in [9.17, 15) is 8.42 Å². The molecule has 0 unspecified atom stereocenters. The first kappa shape index (κ1) is 14.9. The van der Waals surface area contributed by atoms with E-state index in [2.05, 4.69) is 19.2 Å². The van der Waals surface area contributed by atoms with Crippen molar-refractivity contribution in [1.82, 2.24) is 9.62 Å². The summed E-state index contributed by atoms with van der Waals surface area (Å²) in [6.45, 7) is 5.98. The molecule has 1 N–H and O–H groups in total. The monoisotopic (exact) mass is 262 g/mol.